The number of anilines is 1. The maximum Gasteiger partial charge on any atom is 0.169 e. The van der Waals surface area contributed by atoms with E-state index in [4.69, 9.17) is 5.11 Å². The second-order valence-electron chi connectivity index (χ2n) is 3.55. The van der Waals surface area contributed by atoms with E-state index in [2.05, 4.69) is 4.98 Å². The molecule has 0 saturated carbocycles. The summed E-state index contributed by atoms with van der Waals surface area (Å²) >= 11 is 0. The second kappa shape index (κ2) is 3.82. The Morgan fingerprint density at radius 1 is 1.29 bits per heavy atom. The average Bonchev–Trinajstić information content (AvgIpc) is 2.19. The highest BCUT2D eigenvalue weighted by Crippen LogP contribution is 2.22. The zero-order chi connectivity index (χ0) is 9.97. The number of pyridine rings is 1. The number of aromatic hydroxyl groups is 1. The van der Waals surface area contributed by atoms with Gasteiger partial charge in [0, 0.05) is 19.2 Å². The van der Waals surface area contributed by atoms with Gasteiger partial charge in [0.15, 0.2) is 11.6 Å². The van der Waals surface area contributed by atoms with Gasteiger partial charge in [-0.15, -0.1) is 0 Å². The first-order valence-corrected chi connectivity index (χ1v) is 4.87. The van der Waals surface area contributed by atoms with Crippen LogP contribution in [0.4, 0.5) is 10.2 Å². The Kier molecular flexibility index (Phi) is 2.52. The van der Waals surface area contributed by atoms with E-state index in [1.165, 1.54) is 12.6 Å². The summed E-state index contributed by atoms with van der Waals surface area (Å²) in [5, 5.41) is 9.01. The maximum atomic E-state index is 13.4. The van der Waals surface area contributed by atoms with Crippen LogP contribution in [0.5, 0.6) is 5.75 Å². The number of hydrogen-bond donors (Lipinski definition) is 1. The average molecular weight is 196 g/mol. The van der Waals surface area contributed by atoms with Crippen molar-refractivity contribution in [2.24, 2.45) is 0 Å². The minimum atomic E-state index is -0.438. The highest BCUT2D eigenvalue weighted by atomic mass is 19.1. The van der Waals surface area contributed by atoms with E-state index in [-0.39, 0.29) is 5.75 Å². The standard InChI is InChI=1S/C10H13FN2O/c11-9-6-8(14)7-12-10(9)13-4-2-1-3-5-13/h6-7,14H,1-5H2. The molecular formula is C10H13FN2O. The highest BCUT2D eigenvalue weighted by molar-refractivity contribution is 5.42. The van der Waals surface area contributed by atoms with Crippen LogP contribution < -0.4 is 4.90 Å². The van der Waals surface area contributed by atoms with Gasteiger partial charge in [0.25, 0.3) is 0 Å². The summed E-state index contributed by atoms with van der Waals surface area (Å²) in [4.78, 5) is 5.83. The summed E-state index contributed by atoms with van der Waals surface area (Å²) in [5.74, 6) is -0.197. The lowest BCUT2D eigenvalue weighted by Gasteiger charge is -2.27. The Bertz CT molecular complexity index is 324. The minimum absolute atomic E-state index is 0.122. The number of rotatable bonds is 1. The molecular weight excluding hydrogens is 183 g/mol. The van der Waals surface area contributed by atoms with Crippen molar-refractivity contribution in [3.63, 3.8) is 0 Å². The van der Waals surface area contributed by atoms with E-state index in [0.717, 1.165) is 32.0 Å². The molecule has 76 valence electrons. The number of halogens is 1. The lowest BCUT2D eigenvalue weighted by Crippen LogP contribution is -2.30. The number of hydrogen-bond acceptors (Lipinski definition) is 3. The van der Waals surface area contributed by atoms with Gasteiger partial charge in [-0.1, -0.05) is 0 Å². The van der Waals surface area contributed by atoms with Crippen molar-refractivity contribution < 1.29 is 9.50 Å². The summed E-state index contributed by atoms with van der Waals surface area (Å²) in [6.07, 6.45) is 4.66. The molecule has 0 bridgehead atoms. The van der Waals surface area contributed by atoms with Crippen LogP contribution in [0.3, 0.4) is 0 Å². The molecule has 0 unspecified atom stereocenters. The van der Waals surface area contributed by atoms with Crippen molar-refractivity contribution in [3.8, 4) is 5.75 Å². The molecule has 0 aliphatic carbocycles. The van der Waals surface area contributed by atoms with Crippen molar-refractivity contribution in [2.75, 3.05) is 18.0 Å². The predicted molar refractivity (Wildman–Crippen MR) is 51.9 cm³/mol. The molecule has 1 aromatic heterocycles. The number of nitrogens with zero attached hydrogens (tertiary/aromatic N) is 2. The van der Waals surface area contributed by atoms with Crippen LogP contribution in [0.1, 0.15) is 19.3 Å². The Hall–Kier alpha value is -1.32. The lowest BCUT2D eigenvalue weighted by molar-refractivity contribution is 0.463. The molecule has 2 rings (SSSR count). The topological polar surface area (TPSA) is 36.4 Å². The van der Waals surface area contributed by atoms with E-state index in [0.29, 0.717) is 5.82 Å². The zero-order valence-electron chi connectivity index (χ0n) is 7.91. The number of aromatic nitrogens is 1. The van der Waals surface area contributed by atoms with Gasteiger partial charge in [-0.3, -0.25) is 0 Å². The molecule has 1 N–H and O–H groups in total. The molecule has 0 radical (unpaired) electrons. The molecule has 4 heteroatoms. The van der Waals surface area contributed by atoms with Crippen LogP contribution >= 0.6 is 0 Å². The van der Waals surface area contributed by atoms with Gasteiger partial charge in [-0.2, -0.15) is 0 Å². The van der Waals surface area contributed by atoms with Gasteiger partial charge in [0.05, 0.1) is 6.20 Å². The van der Waals surface area contributed by atoms with Gasteiger partial charge in [-0.25, -0.2) is 9.37 Å². The Balaban J connectivity index is 2.22. The van der Waals surface area contributed by atoms with Crippen LogP contribution in [-0.4, -0.2) is 23.2 Å². The van der Waals surface area contributed by atoms with Crippen molar-refractivity contribution in [1.29, 1.82) is 0 Å². The van der Waals surface area contributed by atoms with Gasteiger partial charge >= 0.3 is 0 Å². The highest BCUT2D eigenvalue weighted by Gasteiger charge is 2.16. The van der Waals surface area contributed by atoms with Crippen LogP contribution in [-0.2, 0) is 0 Å². The molecule has 1 aliphatic heterocycles. The molecule has 0 aromatic carbocycles. The molecule has 0 amide bonds. The molecule has 1 saturated heterocycles. The van der Waals surface area contributed by atoms with Gasteiger partial charge in [-0.05, 0) is 19.3 Å². The second-order valence-corrected chi connectivity index (χ2v) is 3.55. The monoisotopic (exact) mass is 196 g/mol. The third-order valence-corrected chi connectivity index (χ3v) is 2.46. The van der Waals surface area contributed by atoms with Gasteiger partial charge < -0.3 is 10.0 Å². The van der Waals surface area contributed by atoms with E-state index >= 15 is 0 Å². The fourth-order valence-electron chi connectivity index (χ4n) is 1.76. The summed E-state index contributed by atoms with van der Waals surface area (Å²) in [7, 11) is 0. The quantitative estimate of drug-likeness (QED) is 0.745. The molecule has 14 heavy (non-hydrogen) atoms. The van der Waals surface area contributed by atoms with Crippen LogP contribution in [0.2, 0.25) is 0 Å². The Morgan fingerprint density at radius 2 is 2.00 bits per heavy atom. The van der Waals surface area contributed by atoms with Gasteiger partial charge in [0.2, 0.25) is 0 Å². The molecule has 2 heterocycles. The SMILES string of the molecule is Oc1cnc(N2CCCCC2)c(F)c1. The summed E-state index contributed by atoms with van der Waals surface area (Å²) in [6, 6.07) is 1.11. The van der Waals surface area contributed by atoms with Crippen molar-refractivity contribution in [3.05, 3.63) is 18.1 Å². The molecule has 3 nitrogen and oxygen atoms in total. The van der Waals surface area contributed by atoms with Crippen LogP contribution in [0, 0.1) is 5.82 Å². The summed E-state index contributed by atoms with van der Waals surface area (Å²) in [5.41, 5.74) is 0. The third-order valence-electron chi connectivity index (χ3n) is 2.46. The Morgan fingerprint density at radius 3 is 2.64 bits per heavy atom. The van der Waals surface area contributed by atoms with Crippen molar-refractivity contribution >= 4 is 5.82 Å². The van der Waals surface area contributed by atoms with Crippen LogP contribution in [0.15, 0.2) is 12.3 Å². The normalized spacial score (nSPS) is 17.1. The fourth-order valence-corrected chi connectivity index (χ4v) is 1.76. The largest absolute Gasteiger partial charge is 0.506 e. The van der Waals surface area contributed by atoms with E-state index in [1.54, 1.807) is 0 Å². The maximum absolute atomic E-state index is 13.4. The fraction of sp³-hybridized carbons (Fsp3) is 0.500. The third kappa shape index (κ3) is 1.78. The predicted octanol–water partition coefficient (Wildman–Crippen LogP) is 1.92. The molecule has 0 spiro atoms. The number of piperidine rings is 1. The first kappa shape index (κ1) is 9.24. The van der Waals surface area contributed by atoms with Gasteiger partial charge in [0.1, 0.15) is 5.75 Å². The minimum Gasteiger partial charge on any atom is -0.506 e. The summed E-state index contributed by atoms with van der Waals surface area (Å²) < 4.78 is 13.4. The first-order chi connectivity index (χ1) is 6.77. The zero-order valence-corrected chi connectivity index (χ0v) is 7.91. The smallest absolute Gasteiger partial charge is 0.169 e. The van der Waals surface area contributed by atoms with E-state index < -0.39 is 5.82 Å². The van der Waals surface area contributed by atoms with Crippen LogP contribution in [0.25, 0.3) is 0 Å². The lowest BCUT2D eigenvalue weighted by atomic mass is 10.1. The van der Waals surface area contributed by atoms with Crippen molar-refractivity contribution in [2.45, 2.75) is 19.3 Å². The molecule has 1 fully saturated rings. The molecule has 1 aliphatic rings. The molecule has 1 aromatic rings. The Labute approximate surface area is 82.2 Å². The van der Waals surface area contributed by atoms with E-state index in [1.807, 2.05) is 4.90 Å². The van der Waals surface area contributed by atoms with E-state index in [9.17, 15) is 4.39 Å². The molecule has 0 atom stereocenters. The van der Waals surface area contributed by atoms with Crippen molar-refractivity contribution in [1.82, 2.24) is 4.98 Å². The first-order valence-electron chi connectivity index (χ1n) is 4.87. The summed E-state index contributed by atoms with van der Waals surface area (Å²) in [6.45, 7) is 1.71.